The van der Waals surface area contributed by atoms with E-state index in [4.69, 9.17) is 26.3 Å². The third-order valence-electron chi connectivity index (χ3n) is 7.68. The highest BCUT2D eigenvalue weighted by molar-refractivity contribution is 6.34. The van der Waals surface area contributed by atoms with E-state index < -0.39 is 0 Å². The van der Waals surface area contributed by atoms with Crippen LogP contribution in [0.1, 0.15) is 41.4 Å². The molecule has 1 amide bonds. The molecule has 0 aliphatic carbocycles. The molecule has 0 bridgehead atoms. The minimum absolute atomic E-state index is 0.127. The number of aryl methyl sites for hydroxylation is 1. The number of rotatable bonds is 8. The summed E-state index contributed by atoms with van der Waals surface area (Å²) < 4.78 is 8.25. The number of carbonyl (C=O) groups is 1. The van der Waals surface area contributed by atoms with Gasteiger partial charge in [0.25, 0.3) is 11.8 Å². The van der Waals surface area contributed by atoms with E-state index in [2.05, 4.69) is 52.0 Å². The molecule has 1 fully saturated rings. The maximum absolute atomic E-state index is 13.5. The molecule has 11 heteroatoms. The van der Waals surface area contributed by atoms with Crippen molar-refractivity contribution in [1.29, 1.82) is 0 Å². The molecule has 1 aliphatic rings. The summed E-state index contributed by atoms with van der Waals surface area (Å²) >= 11 is 6.53. The molecular formula is C33H35ClN8O2. The summed E-state index contributed by atoms with van der Waals surface area (Å²) in [4.78, 5) is 36.4. The number of benzene rings is 2. The summed E-state index contributed by atoms with van der Waals surface area (Å²) in [5.74, 6) is 0.837. The third-order valence-corrected chi connectivity index (χ3v) is 8.01. The van der Waals surface area contributed by atoms with Crippen molar-refractivity contribution in [2.75, 3.05) is 38.5 Å². The number of ether oxygens (including phenoxy) is 1. The van der Waals surface area contributed by atoms with Crippen molar-refractivity contribution in [3.63, 3.8) is 0 Å². The van der Waals surface area contributed by atoms with Gasteiger partial charge in [-0.3, -0.25) is 14.7 Å². The van der Waals surface area contributed by atoms with Crippen molar-refractivity contribution in [2.45, 2.75) is 33.4 Å². The van der Waals surface area contributed by atoms with Gasteiger partial charge in [0, 0.05) is 62.4 Å². The van der Waals surface area contributed by atoms with Crippen LogP contribution in [0.3, 0.4) is 0 Å². The van der Waals surface area contributed by atoms with Crippen LogP contribution in [0.2, 0.25) is 5.02 Å². The number of nitrogens with zero attached hydrogens (tertiary/aromatic N) is 7. The van der Waals surface area contributed by atoms with Crippen molar-refractivity contribution in [1.82, 2.24) is 34.3 Å². The number of imidazole rings is 1. The van der Waals surface area contributed by atoms with E-state index in [1.807, 2.05) is 35.8 Å². The Morgan fingerprint density at radius 1 is 1.02 bits per heavy atom. The Labute approximate surface area is 261 Å². The maximum atomic E-state index is 13.5. The number of aromatic nitrogens is 5. The van der Waals surface area contributed by atoms with Gasteiger partial charge in [0.15, 0.2) is 17.0 Å². The molecule has 6 rings (SSSR count). The Morgan fingerprint density at radius 3 is 2.55 bits per heavy atom. The molecule has 2 aromatic carbocycles. The second kappa shape index (κ2) is 12.7. The molecule has 10 nitrogen and oxygen atoms in total. The summed E-state index contributed by atoms with van der Waals surface area (Å²) in [6.07, 6.45) is 5.11. The van der Waals surface area contributed by atoms with Crippen LogP contribution in [0.4, 0.5) is 5.69 Å². The van der Waals surface area contributed by atoms with E-state index in [0.29, 0.717) is 33.3 Å². The topological polar surface area (TPSA) is 101 Å². The number of hydrogen-bond donors (Lipinski definition) is 1. The maximum Gasteiger partial charge on any atom is 0.257 e. The monoisotopic (exact) mass is 610 g/mol. The highest BCUT2D eigenvalue weighted by atomic mass is 35.5. The molecule has 1 saturated heterocycles. The minimum atomic E-state index is -0.328. The fraction of sp³-hybridized carbons (Fsp3) is 0.303. The first kappa shape index (κ1) is 29.7. The Hall–Kier alpha value is -4.38. The van der Waals surface area contributed by atoms with Gasteiger partial charge in [-0.25, -0.2) is 9.97 Å². The number of hydrogen-bond acceptors (Lipinski definition) is 8. The lowest BCUT2D eigenvalue weighted by Gasteiger charge is -2.32. The molecule has 226 valence electrons. The summed E-state index contributed by atoms with van der Waals surface area (Å²) in [6, 6.07) is 14.9. The zero-order valence-corrected chi connectivity index (χ0v) is 26.0. The van der Waals surface area contributed by atoms with Gasteiger partial charge in [0.05, 0.1) is 16.9 Å². The zero-order chi connectivity index (χ0) is 30.8. The van der Waals surface area contributed by atoms with Crippen LogP contribution in [-0.2, 0) is 6.54 Å². The number of amides is 1. The average Bonchev–Trinajstić information content (AvgIpc) is 3.44. The summed E-state index contributed by atoms with van der Waals surface area (Å²) in [7, 11) is 2.15. The zero-order valence-electron chi connectivity index (χ0n) is 25.3. The van der Waals surface area contributed by atoms with Crippen LogP contribution in [0.15, 0.2) is 67.3 Å². The Kier molecular flexibility index (Phi) is 8.56. The molecule has 4 heterocycles. The summed E-state index contributed by atoms with van der Waals surface area (Å²) in [5.41, 5.74) is 5.21. The van der Waals surface area contributed by atoms with Crippen LogP contribution in [-0.4, -0.2) is 73.4 Å². The van der Waals surface area contributed by atoms with E-state index in [1.165, 1.54) is 0 Å². The van der Waals surface area contributed by atoms with Crippen LogP contribution in [0.5, 0.6) is 11.6 Å². The van der Waals surface area contributed by atoms with Crippen LogP contribution < -0.4 is 10.1 Å². The lowest BCUT2D eigenvalue weighted by atomic mass is 10.1. The highest BCUT2D eigenvalue weighted by Crippen LogP contribution is 2.32. The number of halogens is 1. The minimum Gasteiger partial charge on any atom is -0.437 e. The first-order valence-corrected chi connectivity index (χ1v) is 15.1. The molecule has 5 aromatic rings. The molecule has 1 N–H and O–H groups in total. The van der Waals surface area contributed by atoms with Crippen molar-refractivity contribution >= 4 is 34.4 Å². The van der Waals surface area contributed by atoms with Gasteiger partial charge in [-0.15, -0.1) is 0 Å². The van der Waals surface area contributed by atoms with Gasteiger partial charge in [-0.2, -0.15) is 4.98 Å². The van der Waals surface area contributed by atoms with E-state index in [1.54, 1.807) is 36.9 Å². The standard InChI is InChI=1S/C33H35ClN8O2/c1-21(2)42-20-36-29-31(42)38-30(24-7-9-35-10-8-24)39-33(29)44-26-5-6-28(34)27(18-26)32(43)37-25-16-22(3)15-23(17-25)19-41-13-11-40(4)12-14-41/h5-10,15-18,20-21H,11-14,19H2,1-4H3,(H,37,43). The quantitative estimate of drug-likeness (QED) is 0.221. The lowest BCUT2D eigenvalue weighted by molar-refractivity contribution is 0.102. The number of carbonyl (C=O) groups excluding carboxylic acids is 1. The largest absolute Gasteiger partial charge is 0.437 e. The number of pyridine rings is 1. The molecule has 0 atom stereocenters. The Bertz CT molecular complexity index is 1800. The number of likely N-dealkylation sites (N-methyl/N-ethyl adjacent to an activating group) is 1. The van der Waals surface area contributed by atoms with Crippen LogP contribution in [0.25, 0.3) is 22.6 Å². The van der Waals surface area contributed by atoms with Crippen molar-refractivity contribution in [3.05, 3.63) is 89.0 Å². The van der Waals surface area contributed by atoms with Gasteiger partial charge in [-0.05, 0) is 81.4 Å². The molecule has 0 radical (unpaired) electrons. The van der Waals surface area contributed by atoms with Gasteiger partial charge in [-0.1, -0.05) is 17.7 Å². The Balaban J connectivity index is 1.26. The Morgan fingerprint density at radius 2 is 1.80 bits per heavy atom. The molecule has 1 aliphatic heterocycles. The first-order valence-electron chi connectivity index (χ1n) is 14.7. The van der Waals surface area contributed by atoms with Crippen molar-refractivity contribution < 1.29 is 9.53 Å². The predicted octanol–water partition coefficient (Wildman–Crippen LogP) is 6.22. The summed E-state index contributed by atoms with van der Waals surface area (Å²) in [6.45, 7) is 11.1. The molecule has 3 aromatic heterocycles. The molecule has 0 saturated carbocycles. The van der Waals surface area contributed by atoms with E-state index >= 15 is 0 Å². The second-order valence-electron chi connectivity index (χ2n) is 11.5. The van der Waals surface area contributed by atoms with Gasteiger partial charge in [0.1, 0.15) is 5.75 Å². The van der Waals surface area contributed by atoms with E-state index in [0.717, 1.165) is 55.1 Å². The lowest BCUT2D eigenvalue weighted by Crippen LogP contribution is -2.43. The van der Waals surface area contributed by atoms with Gasteiger partial charge >= 0.3 is 0 Å². The van der Waals surface area contributed by atoms with E-state index in [-0.39, 0.29) is 17.8 Å². The van der Waals surface area contributed by atoms with Crippen LogP contribution in [0, 0.1) is 6.92 Å². The summed E-state index contributed by atoms with van der Waals surface area (Å²) in [5, 5.41) is 3.35. The van der Waals surface area contributed by atoms with Gasteiger partial charge in [0.2, 0.25) is 0 Å². The number of fused-ring (bicyclic) bond motifs is 1. The number of piperazine rings is 1. The van der Waals surface area contributed by atoms with E-state index in [9.17, 15) is 4.79 Å². The molecular weight excluding hydrogens is 576 g/mol. The smallest absolute Gasteiger partial charge is 0.257 e. The fourth-order valence-corrected chi connectivity index (χ4v) is 5.52. The number of nitrogens with one attached hydrogen (secondary N) is 1. The third kappa shape index (κ3) is 6.57. The molecule has 0 unspecified atom stereocenters. The van der Waals surface area contributed by atoms with Crippen LogP contribution >= 0.6 is 11.6 Å². The first-order chi connectivity index (χ1) is 21.2. The highest BCUT2D eigenvalue weighted by Gasteiger charge is 2.20. The fourth-order valence-electron chi connectivity index (χ4n) is 5.31. The second-order valence-corrected chi connectivity index (χ2v) is 11.9. The predicted molar refractivity (Wildman–Crippen MR) is 172 cm³/mol. The normalized spacial score (nSPS) is 14.3. The van der Waals surface area contributed by atoms with Crippen molar-refractivity contribution in [2.24, 2.45) is 0 Å². The van der Waals surface area contributed by atoms with Crippen molar-refractivity contribution in [3.8, 4) is 23.0 Å². The molecule has 0 spiro atoms. The average molecular weight is 611 g/mol. The number of anilines is 1. The molecule has 44 heavy (non-hydrogen) atoms. The SMILES string of the molecule is Cc1cc(CN2CCN(C)CC2)cc(NC(=O)c2cc(Oc3nc(-c4ccncc4)nc4c3ncn4C(C)C)ccc2Cl)c1. The van der Waals surface area contributed by atoms with Gasteiger partial charge < -0.3 is 19.5 Å².